The Kier molecular flexibility index (Phi) is 4.77. The molecule has 2 aromatic rings. The molecule has 2 aliphatic rings. The number of thioether (sulfide) groups is 1. The smallest absolute Gasteiger partial charge is 0.280 e. The van der Waals surface area contributed by atoms with Gasteiger partial charge in [0, 0.05) is 41.9 Å². The van der Waals surface area contributed by atoms with Gasteiger partial charge in [0.25, 0.3) is 5.56 Å². The van der Waals surface area contributed by atoms with Crippen molar-refractivity contribution in [2.45, 2.75) is 19.4 Å². The summed E-state index contributed by atoms with van der Waals surface area (Å²) in [5.74, 6) is 2.48. The van der Waals surface area contributed by atoms with Gasteiger partial charge in [-0.3, -0.25) is 14.9 Å². The maximum absolute atomic E-state index is 12.6. The largest absolute Gasteiger partial charge is 0.337 e. The fourth-order valence-corrected chi connectivity index (χ4v) is 4.61. The monoisotopic (exact) mass is 390 g/mol. The van der Waals surface area contributed by atoms with Crippen LogP contribution >= 0.6 is 23.4 Å². The summed E-state index contributed by atoms with van der Waals surface area (Å²) in [6.45, 7) is 3.05. The van der Waals surface area contributed by atoms with Crippen LogP contribution in [0.1, 0.15) is 12.2 Å². The number of nitrogens with zero attached hydrogens (tertiary/aromatic N) is 3. The van der Waals surface area contributed by atoms with Gasteiger partial charge in [-0.15, -0.1) is 11.8 Å². The Morgan fingerprint density at radius 3 is 2.96 bits per heavy atom. The van der Waals surface area contributed by atoms with Gasteiger partial charge >= 0.3 is 0 Å². The van der Waals surface area contributed by atoms with Crippen LogP contribution in [0.25, 0.3) is 16.6 Å². The average Bonchev–Trinajstić information content (AvgIpc) is 3.17. The first-order chi connectivity index (χ1) is 12.5. The fraction of sp³-hybridized carbons (Fsp3) is 0.389. The van der Waals surface area contributed by atoms with Gasteiger partial charge in [-0.25, -0.2) is 0 Å². The van der Waals surface area contributed by atoms with Crippen LogP contribution in [0.5, 0.6) is 0 Å². The maximum Gasteiger partial charge on any atom is 0.280 e. The molecule has 1 aromatic carbocycles. The molecule has 3 heterocycles. The van der Waals surface area contributed by atoms with Gasteiger partial charge in [0.15, 0.2) is 0 Å². The summed E-state index contributed by atoms with van der Waals surface area (Å²) in [7, 11) is 0. The molecule has 2 aliphatic heterocycles. The van der Waals surface area contributed by atoms with Crippen LogP contribution in [-0.4, -0.2) is 51.1 Å². The lowest BCUT2D eigenvalue weighted by atomic mass is 10.1. The number of hydrogen-bond donors (Lipinski definition) is 1. The number of fused-ring (bicyclic) bond motifs is 1. The highest BCUT2D eigenvalue weighted by molar-refractivity contribution is 7.99. The third-order valence-electron chi connectivity index (χ3n) is 4.82. The topological polar surface area (TPSA) is 67.2 Å². The van der Waals surface area contributed by atoms with Gasteiger partial charge in [0.2, 0.25) is 5.91 Å². The number of nitrogens with one attached hydrogen (secondary N) is 1. The number of rotatable bonds is 2. The SMILES string of the molecule is Cc1nc(=O)c2cc(Cl)ccc2n1C1=CCN(C(=O)[C@@H]2CSCN2)CC1. The molecule has 1 atom stereocenters. The van der Waals surface area contributed by atoms with Gasteiger partial charge < -0.3 is 9.47 Å². The molecule has 26 heavy (non-hydrogen) atoms. The second kappa shape index (κ2) is 7.06. The van der Waals surface area contributed by atoms with Gasteiger partial charge in [0.05, 0.1) is 16.9 Å². The summed E-state index contributed by atoms with van der Waals surface area (Å²) in [6.07, 6.45) is 2.77. The molecular formula is C18H19ClN4O2S. The first kappa shape index (κ1) is 17.6. The number of aromatic nitrogens is 2. The molecule has 0 unspecified atom stereocenters. The molecule has 1 saturated heterocycles. The van der Waals surface area contributed by atoms with Crippen LogP contribution in [0, 0.1) is 6.92 Å². The second-order valence-electron chi connectivity index (χ2n) is 6.46. The summed E-state index contributed by atoms with van der Waals surface area (Å²) in [5, 5.41) is 4.26. The summed E-state index contributed by atoms with van der Waals surface area (Å²) >= 11 is 7.79. The van der Waals surface area contributed by atoms with Crippen LogP contribution < -0.4 is 10.9 Å². The zero-order valence-electron chi connectivity index (χ0n) is 14.4. The van der Waals surface area contributed by atoms with Crippen LogP contribution in [0.15, 0.2) is 29.1 Å². The molecule has 1 N–H and O–H groups in total. The van der Waals surface area contributed by atoms with Crippen LogP contribution in [0.2, 0.25) is 5.02 Å². The number of hydrogen-bond acceptors (Lipinski definition) is 5. The molecule has 8 heteroatoms. The van der Waals surface area contributed by atoms with Crippen molar-refractivity contribution in [3.8, 4) is 0 Å². The molecule has 1 amide bonds. The summed E-state index contributed by atoms with van der Waals surface area (Å²) in [4.78, 5) is 30.8. The highest BCUT2D eigenvalue weighted by Crippen LogP contribution is 2.25. The van der Waals surface area contributed by atoms with Gasteiger partial charge in [0.1, 0.15) is 5.82 Å². The van der Waals surface area contributed by atoms with Crippen molar-refractivity contribution in [1.29, 1.82) is 0 Å². The minimum atomic E-state index is -0.269. The van der Waals surface area contributed by atoms with E-state index < -0.39 is 0 Å². The Bertz CT molecular complexity index is 966. The zero-order chi connectivity index (χ0) is 18.3. The molecular weight excluding hydrogens is 372 g/mol. The molecule has 1 fully saturated rings. The average molecular weight is 391 g/mol. The van der Waals surface area contributed by atoms with Crippen LogP contribution in [0.3, 0.4) is 0 Å². The standard InChI is InChI=1S/C18H19ClN4O2S/c1-11-21-17(24)14-8-12(19)2-3-16(14)23(11)13-4-6-22(7-5-13)18(25)15-9-26-10-20-15/h2-4,8,15,20H,5-7,9-10H2,1H3/t15-/m0/s1. The van der Waals surface area contributed by atoms with Crippen molar-refractivity contribution in [3.63, 3.8) is 0 Å². The Morgan fingerprint density at radius 2 is 2.27 bits per heavy atom. The highest BCUT2D eigenvalue weighted by Gasteiger charge is 2.28. The second-order valence-corrected chi connectivity index (χ2v) is 7.93. The number of benzene rings is 1. The molecule has 1 aromatic heterocycles. The normalized spacial score (nSPS) is 20.5. The van der Waals surface area contributed by atoms with E-state index >= 15 is 0 Å². The minimum Gasteiger partial charge on any atom is -0.337 e. The number of amides is 1. The first-order valence-electron chi connectivity index (χ1n) is 8.53. The number of aryl methyl sites for hydroxylation is 1. The molecule has 0 saturated carbocycles. The van der Waals surface area contributed by atoms with Crippen molar-refractivity contribution in [2.75, 3.05) is 24.7 Å². The summed E-state index contributed by atoms with van der Waals surface area (Å²) in [5.41, 5.74) is 1.58. The van der Waals surface area contributed by atoms with E-state index in [1.54, 1.807) is 23.9 Å². The van der Waals surface area contributed by atoms with E-state index in [-0.39, 0.29) is 17.5 Å². The lowest BCUT2D eigenvalue weighted by Gasteiger charge is -2.30. The van der Waals surface area contributed by atoms with Crippen molar-refractivity contribution in [2.24, 2.45) is 0 Å². The van der Waals surface area contributed by atoms with E-state index in [0.717, 1.165) is 22.8 Å². The summed E-state index contributed by atoms with van der Waals surface area (Å²) in [6, 6.07) is 5.21. The van der Waals surface area contributed by atoms with E-state index in [4.69, 9.17) is 11.6 Å². The molecule has 6 nitrogen and oxygen atoms in total. The fourth-order valence-electron chi connectivity index (χ4n) is 3.50. The Morgan fingerprint density at radius 1 is 1.42 bits per heavy atom. The number of carbonyl (C=O) groups is 1. The molecule has 0 radical (unpaired) electrons. The molecule has 4 rings (SSSR count). The van der Waals surface area contributed by atoms with Gasteiger partial charge in [-0.1, -0.05) is 11.6 Å². The molecule has 0 spiro atoms. The molecule has 0 bridgehead atoms. The minimum absolute atomic E-state index is 0.0753. The lowest BCUT2D eigenvalue weighted by Crippen LogP contribution is -2.46. The predicted octanol–water partition coefficient (Wildman–Crippen LogP) is 2.09. The number of halogens is 1. The zero-order valence-corrected chi connectivity index (χ0v) is 15.9. The Labute approximate surface area is 160 Å². The van der Waals surface area contributed by atoms with Gasteiger partial charge in [-0.2, -0.15) is 4.98 Å². The van der Waals surface area contributed by atoms with Crippen LogP contribution in [0.4, 0.5) is 0 Å². The number of carbonyl (C=O) groups excluding carboxylic acids is 1. The lowest BCUT2D eigenvalue weighted by molar-refractivity contribution is -0.132. The molecule has 0 aliphatic carbocycles. The highest BCUT2D eigenvalue weighted by atomic mass is 35.5. The Hall–Kier alpha value is -1.83. The van der Waals surface area contributed by atoms with E-state index in [1.807, 2.05) is 22.5 Å². The third-order valence-corrected chi connectivity index (χ3v) is 5.99. The first-order valence-corrected chi connectivity index (χ1v) is 10.1. The quantitative estimate of drug-likeness (QED) is 0.850. The van der Waals surface area contributed by atoms with Crippen molar-refractivity contribution in [1.82, 2.24) is 19.8 Å². The Balaban J connectivity index is 1.66. The van der Waals surface area contributed by atoms with Gasteiger partial charge in [-0.05, 0) is 31.2 Å². The van der Waals surface area contributed by atoms with E-state index in [2.05, 4.69) is 16.4 Å². The van der Waals surface area contributed by atoms with E-state index in [0.29, 0.717) is 35.7 Å². The van der Waals surface area contributed by atoms with Crippen molar-refractivity contribution in [3.05, 3.63) is 45.5 Å². The van der Waals surface area contributed by atoms with Crippen molar-refractivity contribution >= 4 is 45.9 Å². The van der Waals surface area contributed by atoms with Crippen molar-refractivity contribution < 1.29 is 4.79 Å². The molecule has 136 valence electrons. The predicted molar refractivity (Wildman–Crippen MR) is 105 cm³/mol. The summed E-state index contributed by atoms with van der Waals surface area (Å²) < 4.78 is 2.00. The van der Waals surface area contributed by atoms with E-state index in [9.17, 15) is 9.59 Å². The maximum atomic E-state index is 12.6. The van der Waals surface area contributed by atoms with Crippen LogP contribution in [-0.2, 0) is 4.79 Å². The third kappa shape index (κ3) is 3.15. The van der Waals surface area contributed by atoms with E-state index in [1.165, 1.54) is 0 Å².